The highest BCUT2D eigenvalue weighted by molar-refractivity contribution is 7.17. The van der Waals surface area contributed by atoms with Gasteiger partial charge in [-0.25, -0.2) is 4.68 Å². The average Bonchev–Trinajstić information content (AvgIpc) is 3.06. The van der Waals surface area contributed by atoms with Crippen LogP contribution in [-0.4, -0.2) is 20.6 Å². The molecule has 1 unspecified atom stereocenters. The Balaban J connectivity index is 2.15. The van der Waals surface area contributed by atoms with Crippen molar-refractivity contribution in [1.29, 1.82) is 0 Å². The fourth-order valence-electron chi connectivity index (χ4n) is 1.66. The van der Waals surface area contributed by atoms with E-state index in [4.69, 9.17) is 0 Å². The number of hydrogen-bond acceptors (Lipinski definition) is 5. The summed E-state index contributed by atoms with van der Waals surface area (Å²) in [6.07, 6.45) is 2.49. The molecule has 106 valence electrons. The number of nitrogens with zero attached hydrogens (tertiary/aromatic N) is 3. The highest BCUT2D eigenvalue weighted by atomic mass is 32.1. The second-order valence-electron chi connectivity index (χ2n) is 4.27. The largest absolute Gasteiger partial charge is 0.324 e. The van der Waals surface area contributed by atoms with E-state index in [0.29, 0.717) is 10.7 Å². The van der Waals surface area contributed by atoms with E-state index in [1.807, 2.05) is 13.8 Å². The molecule has 20 heavy (non-hydrogen) atoms. The molecule has 2 aromatic rings. The standard InChI is InChI=1S/C12H14N4O3S/c1-3-8(2)15-10(6-7-13-15)14-12(17)9-4-5-11(20-9)16(18)19/h4-8H,3H2,1-2H3,(H,14,17). The van der Waals surface area contributed by atoms with Gasteiger partial charge in [-0.2, -0.15) is 5.10 Å². The van der Waals surface area contributed by atoms with Crippen LogP contribution < -0.4 is 5.32 Å². The molecule has 2 rings (SSSR count). The van der Waals surface area contributed by atoms with Crippen LogP contribution in [0.3, 0.4) is 0 Å². The predicted molar refractivity (Wildman–Crippen MR) is 76.2 cm³/mol. The van der Waals surface area contributed by atoms with Gasteiger partial charge < -0.3 is 5.32 Å². The molecule has 0 fully saturated rings. The topological polar surface area (TPSA) is 90.1 Å². The van der Waals surface area contributed by atoms with Gasteiger partial charge in [0.05, 0.1) is 22.0 Å². The molecule has 1 atom stereocenters. The van der Waals surface area contributed by atoms with Gasteiger partial charge in [-0.05, 0) is 19.4 Å². The third-order valence-electron chi connectivity index (χ3n) is 2.92. The van der Waals surface area contributed by atoms with Gasteiger partial charge in [0.25, 0.3) is 5.91 Å². The Morgan fingerprint density at radius 3 is 2.90 bits per heavy atom. The fraction of sp³-hybridized carbons (Fsp3) is 0.333. The number of amides is 1. The van der Waals surface area contributed by atoms with E-state index in [1.165, 1.54) is 12.1 Å². The van der Waals surface area contributed by atoms with Crippen LogP contribution in [0.4, 0.5) is 10.8 Å². The molecule has 0 radical (unpaired) electrons. The van der Waals surface area contributed by atoms with Crippen molar-refractivity contribution >= 4 is 28.1 Å². The number of carbonyl (C=O) groups is 1. The summed E-state index contributed by atoms with van der Waals surface area (Å²) in [6.45, 7) is 4.03. The molecule has 0 saturated heterocycles. The Morgan fingerprint density at radius 2 is 2.30 bits per heavy atom. The summed E-state index contributed by atoms with van der Waals surface area (Å²) in [6, 6.07) is 4.64. The molecule has 7 nitrogen and oxygen atoms in total. The van der Waals surface area contributed by atoms with Crippen LogP contribution in [0.25, 0.3) is 0 Å². The Kier molecular flexibility index (Phi) is 4.14. The lowest BCUT2D eigenvalue weighted by Crippen LogP contribution is -2.16. The first-order valence-corrected chi connectivity index (χ1v) is 6.93. The highest BCUT2D eigenvalue weighted by Crippen LogP contribution is 2.25. The number of thiophene rings is 1. The zero-order chi connectivity index (χ0) is 14.7. The molecule has 0 spiro atoms. The lowest BCUT2D eigenvalue weighted by molar-refractivity contribution is -0.380. The number of carbonyl (C=O) groups excluding carboxylic acids is 1. The minimum Gasteiger partial charge on any atom is -0.306 e. The lowest BCUT2D eigenvalue weighted by atomic mass is 10.3. The maximum atomic E-state index is 12.0. The molecule has 0 aromatic carbocycles. The van der Waals surface area contributed by atoms with Crippen molar-refractivity contribution in [3.8, 4) is 0 Å². The number of nitro groups is 1. The van der Waals surface area contributed by atoms with E-state index in [-0.39, 0.29) is 17.0 Å². The van der Waals surface area contributed by atoms with Crippen molar-refractivity contribution < 1.29 is 9.72 Å². The summed E-state index contributed by atoms with van der Waals surface area (Å²) in [5.41, 5.74) is 0. The fourth-order valence-corrected chi connectivity index (χ4v) is 2.38. The first-order valence-electron chi connectivity index (χ1n) is 6.12. The Bertz CT molecular complexity index is 634. The second-order valence-corrected chi connectivity index (χ2v) is 5.33. The number of rotatable bonds is 5. The first-order chi connectivity index (χ1) is 9.52. The maximum absolute atomic E-state index is 12.0. The molecule has 1 amide bonds. The van der Waals surface area contributed by atoms with Gasteiger partial charge in [-0.1, -0.05) is 18.3 Å². The normalized spacial score (nSPS) is 12.1. The molecular weight excluding hydrogens is 280 g/mol. The van der Waals surface area contributed by atoms with E-state index < -0.39 is 4.92 Å². The Labute approximate surface area is 119 Å². The van der Waals surface area contributed by atoms with E-state index in [0.717, 1.165) is 17.8 Å². The van der Waals surface area contributed by atoms with E-state index in [9.17, 15) is 14.9 Å². The van der Waals surface area contributed by atoms with Crippen molar-refractivity contribution in [2.45, 2.75) is 26.3 Å². The van der Waals surface area contributed by atoms with Gasteiger partial charge in [0.1, 0.15) is 5.82 Å². The molecule has 0 saturated carbocycles. The van der Waals surface area contributed by atoms with Crippen LogP contribution in [0, 0.1) is 10.1 Å². The summed E-state index contributed by atoms with van der Waals surface area (Å²) in [5, 5.41) is 17.4. The average molecular weight is 294 g/mol. The quantitative estimate of drug-likeness (QED) is 0.677. The van der Waals surface area contributed by atoms with Gasteiger partial charge in [0.15, 0.2) is 0 Å². The van der Waals surface area contributed by atoms with Crippen molar-refractivity contribution in [2.24, 2.45) is 0 Å². The maximum Gasteiger partial charge on any atom is 0.324 e. The number of hydrogen-bond donors (Lipinski definition) is 1. The van der Waals surface area contributed by atoms with Crippen molar-refractivity contribution in [1.82, 2.24) is 9.78 Å². The zero-order valence-electron chi connectivity index (χ0n) is 11.1. The van der Waals surface area contributed by atoms with Crippen molar-refractivity contribution in [3.63, 3.8) is 0 Å². The van der Waals surface area contributed by atoms with Crippen LogP contribution in [0.2, 0.25) is 0 Å². The molecule has 0 aliphatic rings. The van der Waals surface area contributed by atoms with Gasteiger partial charge in [0.2, 0.25) is 0 Å². The summed E-state index contributed by atoms with van der Waals surface area (Å²) in [7, 11) is 0. The number of nitrogens with one attached hydrogen (secondary N) is 1. The molecule has 2 heterocycles. The van der Waals surface area contributed by atoms with Gasteiger partial charge in [0, 0.05) is 12.1 Å². The van der Waals surface area contributed by atoms with Crippen LogP contribution in [0.5, 0.6) is 0 Å². The van der Waals surface area contributed by atoms with Crippen LogP contribution in [0.15, 0.2) is 24.4 Å². The summed E-state index contributed by atoms with van der Waals surface area (Å²) in [5.74, 6) is 0.216. The van der Waals surface area contributed by atoms with E-state index in [1.54, 1.807) is 16.9 Å². The number of anilines is 1. The van der Waals surface area contributed by atoms with Crippen LogP contribution in [-0.2, 0) is 0 Å². The van der Waals surface area contributed by atoms with Gasteiger partial charge in [-0.15, -0.1) is 0 Å². The smallest absolute Gasteiger partial charge is 0.306 e. The SMILES string of the molecule is CCC(C)n1nccc1NC(=O)c1ccc([N+](=O)[O-])s1. The van der Waals surface area contributed by atoms with E-state index >= 15 is 0 Å². The molecule has 2 aromatic heterocycles. The molecule has 0 aliphatic heterocycles. The molecule has 8 heteroatoms. The predicted octanol–water partition coefficient (Wildman–Crippen LogP) is 3.08. The molecular formula is C12H14N4O3S. The number of aromatic nitrogens is 2. The Morgan fingerprint density at radius 1 is 1.55 bits per heavy atom. The summed E-state index contributed by atoms with van der Waals surface area (Å²) in [4.78, 5) is 22.4. The summed E-state index contributed by atoms with van der Waals surface area (Å²) >= 11 is 0.850. The summed E-state index contributed by atoms with van der Waals surface area (Å²) < 4.78 is 1.72. The van der Waals surface area contributed by atoms with Gasteiger partial charge >= 0.3 is 5.00 Å². The molecule has 0 bridgehead atoms. The van der Waals surface area contributed by atoms with Crippen LogP contribution >= 0.6 is 11.3 Å². The third-order valence-corrected chi connectivity index (χ3v) is 3.95. The van der Waals surface area contributed by atoms with Crippen molar-refractivity contribution in [2.75, 3.05) is 5.32 Å². The first kappa shape index (κ1) is 14.2. The Hall–Kier alpha value is -2.22. The highest BCUT2D eigenvalue weighted by Gasteiger charge is 2.17. The van der Waals surface area contributed by atoms with Crippen molar-refractivity contribution in [3.05, 3.63) is 39.4 Å². The minimum atomic E-state index is -0.509. The lowest BCUT2D eigenvalue weighted by Gasteiger charge is -2.13. The molecule has 1 N–H and O–H groups in total. The third kappa shape index (κ3) is 2.85. The monoisotopic (exact) mass is 294 g/mol. The van der Waals surface area contributed by atoms with Crippen LogP contribution in [0.1, 0.15) is 36.0 Å². The van der Waals surface area contributed by atoms with E-state index in [2.05, 4.69) is 10.4 Å². The molecule has 0 aliphatic carbocycles. The second kappa shape index (κ2) is 5.83. The van der Waals surface area contributed by atoms with Gasteiger partial charge in [-0.3, -0.25) is 14.9 Å². The zero-order valence-corrected chi connectivity index (χ0v) is 11.9. The minimum absolute atomic E-state index is 0.0504.